The maximum atomic E-state index is 6.22. The standard InChI is InChI=1S/C13H16ClN3O/c1-8(2)15-7-11-16-13(18-17-11)10-6-4-5-9(3)12(10)14/h4-6,8,15H,7H2,1-3H3. The quantitative estimate of drug-likeness (QED) is 0.922. The van der Waals surface area contributed by atoms with E-state index in [1.807, 2.05) is 25.1 Å². The minimum absolute atomic E-state index is 0.384. The van der Waals surface area contributed by atoms with Crippen LogP contribution in [0.15, 0.2) is 22.7 Å². The molecule has 0 saturated heterocycles. The fourth-order valence-corrected chi connectivity index (χ4v) is 1.75. The number of hydrogen-bond donors (Lipinski definition) is 1. The molecule has 5 heteroatoms. The first kappa shape index (κ1) is 13.1. The molecule has 1 aromatic heterocycles. The van der Waals surface area contributed by atoms with E-state index in [9.17, 15) is 0 Å². The van der Waals surface area contributed by atoms with Gasteiger partial charge in [0.05, 0.1) is 17.1 Å². The molecule has 0 spiro atoms. The van der Waals surface area contributed by atoms with Crippen molar-refractivity contribution >= 4 is 11.6 Å². The highest BCUT2D eigenvalue weighted by molar-refractivity contribution is 6.33. The van der Waals surface area contributed by atoms with Crippen molar-refractivity contribution in [1.29, 1.82) is 0 Å². The first-order valence-corrected chi connectivity index (χ1v) is 6.27. The van der Waals surface area contributed by atoms with Crippen LogP contribution >= 0.6 is 11.6 Å². The van der Waals surface area contributed by atoms with Crippen molar-refractivity contribution in [2.75, 3.05) is 0 Å². The molecule has 0 fully saturated rings. The van der Waals surface area contributed by atoms with E-state index in [2.05, 4.69) is 29.3 Å². The second kappa shape index (κ2) is 5.50. The number of rotatable bonds is 4. The number of nitrogens with zero attached hydrogens (tertiary/aromatic N) is 2. The first-order valence-electron chi connectivity index (χ1n) is 5.89. The van der Waals surface area contributed by atoms with Crippen LogP contribution in [0.3, 0.4) is 0 Å². The summed E-state index contributed by atoms with van der Waals surface area (Å²) >= 11 is 6.22. The van der Waals surface area contributed by atoms with Crippen molar-refractivity contribution in [3.63, 3.8) is 0 Å². The largest absolute Gasteiger partial charge is 0.334 e. The molecule has 1 heterocycles. The van der Waals surface area contributed by atoms with Gasteiger partial charge in [0.1, 0.15) is 0 Å². The van der Waals surface area contributed by atoms with Gasteiger partial charge < -0.3 is 9.84 Å². The molecule has 2 rings (SSSR count). The van der Waals surface area contributed by atoms with Crippen LogP contribution in [0, 0.1) is 6.92 Å². The van der Waals surface area contributed by atoms with E-state index < -0.39 is 0 Å². The summed E-state index contributed by atoms with van der Waals surface area (Å²) in [5.41, 5.74) is 1.77. The van der Waals surface area contributed by atoms with Crippen molar-refractivity contribution in [2.24, 2.45) is 0 Å². The Kier molecular flexibility index (Phi) is 3.99. The molecule has 0 saturated carbocycles. The van der Waals surface area contributed by atoms with Gasteiger partial charge in [-0.25, -0.2) is 0 Å². The molecule has 2 aromatic rings. The van der Waals surface area contributed by atoms with E-state index in [1.54, 1.807) is 0 Å². The summed E-state index contributed by atoms with van der Waals surface area (Å²) in [5.74, 6) is 1.10. The van der Waals surface area contributed by atoms with E-state index in [1.165, 1.54) is 0 Å². The van der Waals surface area contributed by atoms with Gasteiger partial charge in [0, 0.05) is 6.04 Å². The smallest absolute Gasteiger partial charge is 0.259 e. The predicted molar refractivity (Wildman–Crippen MR) is 71.5 cm³/mol. The lowest BCUT2D eigenvalue weighted by molar-refractivity contribution is 0.417. The molecule has 1 N–H and O–H groups in total. The third kappa shape index (κ3) is 2.89. The highest BCUT2D eigenvalue weighted by atomic mass is 35.5. The minimum Gasteiger partial charge on any atom is -0.334 e. The zero-order chi connectivity index (χ0) is 13.1. The van der Waals surface area contributed by atoms with Gasteiger partial charge in [-0.2, -0.15) is 4.98 Å². The molecular formula is C13H16ClN3O. The molecule has 4 nitrogen and oxygen atoms in total. The lowest BCUT2D eigenvalue weighted by Crippen LogP contribution is -2.22. The number of benzene rings is 1. The molecule has 18 heavy (non-hydrogen) atoms. The molecule has 0 atom stereocenters. The predicted octanol–water partition coefficient (Wildman–Crippen LogP) is 3.20. The Hall–Kier alpha value is -1.39. The maximum absolute atomic E-state index is 6.22. The van der Waals surface area contributed by atoms with Gasteiger partial charge in [-0.05, 0) is 18.6 Å². The lowest BCUT2D eigenvalue weighted by Gasteiger charge is -2.03. The molecule has 0 bridgehead atoms. The number of aryl methyl sites for hydroxylation is 1. The van der Waals surface area contributed by atoms with Crippen LogP contribution in [-0.2, 0) is 6.54 Å². The SMILES string of the molecule is Cc1cccc(-c2nc(CNC(C)C)no2)c1Cl. The summed E-state index contributed by atoms with van der Waals surface area (Å²) in [5, 5.41) is 7.82. The molecular weight excluding hydrogens is 250 g/mol. The highest BCUT2D eigenvalue weighted by Crippen LogP contribution is 2.28. The molecule has 1 aromatic carbocycles. The summed E-state index contributed by atoms with van der Waals surface area (Å²) in [6.45, 7) is 6.67. The Morgan fingerprint density at radius 3 is 2.89 bits per heavy atom. The summed E-state index contributed by atoms with van der Waals surface area (Å²) in [7, 11) is 0. The summed E-state index contributed by atoms with van der Waals surface area (Å²) in [6.07, 6.45) is 0. The summed E-state index contributed by atoms with van der Waals surface area (Å²) < 4.78 is 5.23. The molecule has 0 unspecified atom stereocenters. The van der Waals surface area contributed by atoms with Crippen molar-refractivity contribution in [2.45, 2.75) is 33.4 Å². The Labute approximate surface area is 111 Å². The third-order valence-corrected chi connectivity index (χ3v) is 3.06. The van der Waals surface area contributed by atoms with E-state index in [-0.39, 0.29) is 0 Å². The van der Waals surface area contributed by atoms with E-state index in [0.717, 1.165) is 11.1 Å². The third-order valence-electron chi connectivity index (χ3n) is 2.56. The first-order chi connectivity index (χ1) is 8.58. The monoisotopic (exact) mass is 265 g/mol. The summed E-state index contributed by atoms with van der Waals surface area (Å²) in [6, 6.07) is 6.13. The molecule has 0 aliphatic heterocycles. The zero-order valence-electron chi connectivity index (χ0n) is 10.7. The molecule has 0 aliphatic carbocycles. The van der Waals surface area contributed by atoms with Crippen LogP contribution in [0.4, 0.5) is 0 Å². The van der Waals surface area contributed by atoms with Gasteiger partial charge in [0.25, 0.3) is 5.89 Å². The maximum Gasteiger partial charge on any atom is 0.259 e. The van der Waals surface area contributed by atoms with Gasteiger partial charge >= 0.3 is 0 Å². The lowest BCUT2D eigenvalue weighted by atomic mass is 10.1. The normalized spacial score (nSPS) is 11.2. The van der Waals surface area contributed by atoms with Crippen LogP contribution in [0.2, 0.25) is 5.02 Å². The second-order valence-corrected chi connectivity index (χ2v) is 4.87. The van der Waals surface area contributed by atoms with E-state index in [0.29, 0.717) is 29.3 Å². The highest BCUT2D eigenvalue weighted by Gasteiger charge is 2.13. The van der Waals surface area contributed by atoms with Gasteiger partial charge in [0.15, 0.2) is 5.82 Å². The second-order valence-electron chi connectivity index (χ2n) is 4.49. The van der Waals surface area contributed by atoms with Gasteiger partial charge in [-0.3, -0.25) is 0 Å². The van der Waals surface area contributed by atoms with Crippen molar-refractivity contribution in [3.05, 3.63) is 34.6 Å². The van der Waals surface area contributed by atoms with Gasteiger partial charge in [0.2, 0.25) is 0 Å². The average molecular weight is 266 g/mol. The molecule has 0 amide bonds. The molecule has 96 valence electrons. The Balaban J connectivity index is 2.21. The van der Waals surface area contributed by atoms with E-state index in [4.69, 9.17) is 16.1 Å². The van der Waals surface area contributed by atoms with Crippen LogP contribution < -0.4 is 5.32 Å². The Bertz CT molecular complexity index is 537. The van der Waals surface area contributed by atoms with Gasteiger partial charge in [-0.1, -0.05) is 42.7 Å². The fourth-order valence-electron chi connectivity index (χ4n) is 1.54. The van der Waals surface area contributed by atoms with Crippen molar-refractivity contribution < 1.29 is 4.52 Å². The minimum atomic E-state index is 0.384. The Morgan fingerprint density at radius 1 is 1.39 bits per heavy atom. The van der Waals surface area contributed by atoms with E-state index >= 15 is 0 Å². The topological polar surface area (TPSA) is 51.0 Å². The average Bonchev–Trinajstić information content (AvgIpc) is 2.78. The van der Waals surface area contributed by atoms with Crippen molar-refractivity contribution in [1.82, 2.24) is 15.5 Å². The van der Waals surface area contributed by atoms with Crippen LogP contribution in [0.25, 0.3) is 11.5 Å². The van der Waals surface area contributed by atoms with Crippen LogP contribution in [0.1, 0.15) is 25.2 Å². The summed E-state index contributed by atoms with van der Waals surface area (Å²) in [4.78, 5) is 4.33. The van der Waals surface area contributed by atoms with Crippen molar-refractivity contribution in [3.8, 4) is 11.5 Å². The molecule has 0 radical (unpaired) electrons. The number of nitrogens with one attached hydrogen (secondary N) is 1. The van der Waals surface area contributed by atoms with Crippen LogP contribution in [-0.4, -0.2) is 16.2 Å². The number of halogens is 1. The van der Waals surface area contributed by atoms with Gasteiger partial charge in [-0.15, -0.1) is 0 Å². The molecule has 0 aliphatic rings. The fraction of sp³-hybridized carbons (Fsp3) is 0.385. The number of hydrogen-bond acceptors (Lipinski definition) is 4. The number of aromatic nitrogens is 2. The zero-order valence-corrected chi connectivity index (χ0v) is 11.5. The Morgan fingerprint density at radius 2 is 2.17 bits per heavy atom. The van der Waals surface area contributed by atoms with Crippen LogP contribution in [0.5, 0.6) is 0 Å².